The molecule has 2 heterocycles. The maximum absolute atomic E-state index is 11.8. The van der Waals surface area contributed by atoms with Gasteiger partial charge in [-0.25, -0.2) is 4.98 Å². The monoisotopic (exact) mass is 283 g/mol. The highest BCUT2D eigenvalue weighted by atomic mass is 16.1. The Morgan fingerprint density at radius 1 is 1.29 bits per heavy atom. The van der Waals surface area contributed by atoms with E-state index in [0.717, 1.165) is 29.8 Å². The molecule has 0 saturated carbocycles. The summed E-state index contributed by atoms with van der Waals surface area (Å²) in [6, 6.07) is 9.69. The summed E-state index contributed by atoms with van der Waals surface area (Å²) in [6.45, 7) is 1.18. The number of hydrogen-bond acceptors (Lipinski definition) is 3. The van der Waals surface area contributed by atoms with Crippen LogP contribution in [0.3, 0.4) is 0 Å². The molecule has 2 N–H and O–H groups in total. The summed E-state index contributed by atoms with van der Waals surface area (Å²) in [4.78, 5) is 19.4. The highest BCUT2D eigenvalue weighted by Gasteiger charge is 2.05. The minimum atomic E-state index is 0.0302. The van der Waals surface area contributed by atoms with Crippen LogP contribution >= 0.6 is 0 Å². The summed E-state index contributed by atoms with van der Waals surface area (Å²) in [5.41, 5.74) is 1.90. The first kappa shape index (κ1) is 13.4. The van der Waals surface area contributed by atoms with Crippen molar-refractivity contribution in [2.75, 3.05) is 0 Å². The molecule has 0 spiro atoms. The number of hydrogen-bond donors (Lipinski definition) is 2. The zero-order valence-electron chi connectivity index (χ0n) is 11.6. The van der Waals surface area contributed by atoms with Crippen molar-refractivity contribution in [3.8, 4) is 0 Å². The number of fused-ring (bicyclic) bond motifs is 1. The average molecular weight is 283 g/mol. The van der Waals surface area contributed by atoms with Crippen LogP contribution in [0.2, 0.25) is 0 Å². The number of nitrogens with zero attached hydrogens (tertiary/aromatic N) is 3. The van der Waals surface area contributed by atoms with Gasteiger partial charge in [0.2, 0.25) is 5.91 Å². The Balaban J connectivity index is 1.44. The predicted octanol–water partition coefficient (Wildman–Crippen LogP) is 1.86. The third-order valence-electron chi connectivity index (χ3n) is 3.24. The summed E-state index contributed by atoms with van der Waals surface area (Å²) < 4.78 is 1.83. The molecule has 108 valence electrons. The summed E-state index contributed by atoms with van der Waals surface area (Å²) >= 11 is 0. The van der Waals surface area contributed by atoms with Gasteiger partial charge in [0.15, 0.2) is 0 Å². The van der Waals surface area contributed by atoms with Gasteiger partial charge in [0.1, 0.15) is 5.82 Å². The van der Waals surface area contributed by atoms with Crippen molar-refractivity contribution in [1.29, 1.82) is 0 Å². The maximum Gasteiger partial charge on any atom is 0.220 e. The number of rotatable bonds is 6. The third kappa shape index (κ3) is 3.47. The standard InChI is InChI=1S/C15H17N5O/c21-15(7-3-9-20-10-4-8-17-20)16-11-14-18-12-5-1-2-6-13(12)19-14/h1-2,4-6,8,10H,3,7,9,11H2,(H,16,21)(H,18,19). The Morgan fingerprint density at radius 2 is 2.19 bits per heavy atom. The van der Waals surface area contributed by atoms with Gasteiger partial charge in [-0.1, -0.05) is 12.1 Å². The molecule has 21 heavy (non-hydrogen) atoms. The van der Waals surface area contributed by atoms with Crippen LogP contribution in [0.5, 0.6) is 0 Å². The Kier molecular flexibility index (Phi) is 3.95. The molecule has 1 amide bonds. The molecule has 0 unspecified atom stereocenters. The van der Waals surface area contributed by atoms with Gasteiger partial charge in [-0.3, -0.25) is 9.48 Å². The lowest BCUT2D eigenvalue weighted by Crippen LogP contribution is -2.23. The molecule has 1 aromatic carbocycles. The van der Waals surface area contributed by atoms with Crippen molar-refractivity contribution in [1.82, 2.24) is 25.1 Å². The van der Waals surface area contributed by atoms with E-state index in [1.807, 2.05) is 41.2 Å². The summed E-state index contributed by atoms with van der Waals surface area (Å²) in [7, 11) is 0. The molecule has 2 aromatic heterocycles. The van der Waals surface area contributed by atoms with E-state index in [4.69, 9.17) is 0 Å². The molecule has 0 aliphatic carbocycles. The van der Waals surface area contributed by atoms with E-state index in [2.05, 4.69) is 20.4 Å². The zero-order valence-corrected chi connectivity index (χ0v) is 11.6. The highest BCUT2D eigenvalue weighted by molar-refractivity contribution is 5.76. The van der Waals surface area contributed by atoms with Crippen LogP contribution in [-0.2, 0) is 17.9 Å². The molecule has 0 aliphatic heterocycles. The van der Waals surface area contributed by atoms with Gasteiger partial charge in [0, 0.05) is 25.4 Å². The number of carbonyl (C=O) groups is 1. The Bertz CT molecular complexity index is 684. The van der Waals surface area contributed by atoms with Crippen LogP contribution in [-0.4, -0.2) is 25.7 Å². The van der Waals surface area contributed by atoms with Gasteiger partial charge < -0.3 is 10.3 Å². The number of nitrogens with one attached hydrogen (secondary N) is 2. The molecule has 6 heteroatoms. The fourth-order valence-electron chi connectivity index (χ4n) is 2.19. The van der Waals surface area contributed by atoms with Crippen molar-refractivity contribution in [2.45, 2.75) is 25.9 Å². The summed E-state index contributed by atoms with van der Waals surface area (Å²) in [5, 5.41) is 6.98. The van der Waals surface area contributed by atoms with Crippen molar-refractivity contribution < 1.29 is 4.79 Å². The van der Waals surface area contributed by atoms with Crippen LogP contribution in [0.4, 0.5) is 0 Å². The van der Waals surface area contributed by atoms with E-state index in [-0.39, 0.29) is 5.91 Å². The van der Waals surface area contributed by atoms with Crippen LogP contribution in [0.25, 0.3) is 11.0 Å². The first-order valence-electron chi connectivity index (χ1n) is 6.99. The number of para-hydroxylation sites is 2. The zero-order chi connectivity index (χ0) is 14.5. The fourth-order valence-corrected chi connectivity index (χ4v) is 2.19. The largest absolute Gasteiger partial charge is 0.349 e. The van der Waals surface area contributed by atoms with E-state index in [1.165, 1.54) is 0 Å². The summed E-state index contributed by atoms with van der Waals surface area (Å²) in [5.74, 6) is 0.805. The number of aromatic nitrogens is 4. The first-order valence-corrected chi connectivity index (χ1v) is 6.99. The van der Waals surface area contributed by atoms with Crippen LogP contribution in [0.1, 0.15) is 18.7 Å². The van der Waals surface area contributed by atoms with E-state index in [1.54, 1.807) is 6.20 Å². The van der Waals surface area contributed by atoms with E-state index in [0.29, 0.717) is 13.0 Å². The van der Waals surface area contributed by atoms with Crippen molar-refractivity contribution >= 4 is 16.9 Å². The number of carbonyl (C=O) groups excluding carboxylic acids is 1. The topological polar surface area (TPSA) is 75.6 Å². The fraction of sp³-hybridized carbons (Fsp3) is 0.267. The van der Waals surface area contributed by atoms with Gasteiger partial charge in [-0.05, 0) is 24.6 Å². The predicted molar refractivity (Wildman–Crippen MR) is 79.4 cm³/mol. The van der Waals surface area contributed by atoms with E-state index >= 15 is 0 Å². The second-order valence-electron chi connectivity index (χ2n) is 4.85. The van der Waals surface area contributed by atoms with Crippen molar-refractivity contribution in [3.05, 3.63) is 48.5 Å². The van der Waals surface area contributed by atoms with E-state index < -0.39 is 0 Å². The quantitative estimate of drug-likeness (QED) is 0.725. The van der Waals surface area contributed by atoms with Crippen LogP contribution < -0.4 is 5.32 Å². The number of H-pyrrole nitrogens is 1. The Morgan fingerprint density at radius 3 is 3.00 bits per heavy atom. The Hall–Kier alpha value is -2.63. The SMILES string of the molecule is O=C(CCCn1cccn1)NCc1nc2ccccc2[nH]1. The molecule has 0 aliphatic rings. The van der Waals surface area contributed by atoms with Gasteiger partial charge in [-0.2, -0.15) is 5.10 Å². The molecule has 0 atom stereocenters. The molecule has 3 aromatic rings. The third-order valence-corrected chi connectivity index (χ3v) is 3.24. The minimum absolute atomic E-state index is 0.0302. The second-order valence-corrected chi connectivity index (χ2v) is 4.85. The van der Waals surface area contributed by atoms with E-state index in [9.17, 15) is 4.79 Å². The average Bonchev–Trinajstić information content (AvgIpc) is 3.13. The molecule has 6 nitrogen and oxygen atoms in total. The minimum Gasteiger partial charge on any atom is -0.349 e. The normalized spacial score (nSPS) is 10.9. The number of aryl methyl sites for hydroxylation is 1. The number of benzene rings is 1. The molecule has 0 saturated heterocycles. The molecule has 0 radical (unpaired) electrons. The lowest BCUT2D eigenvalue weighted by Gasteiger charge is -2.03. The lowest BCUT2D eigenvalue weighted by atomic mass is 10.3. The molecule has 0 fully saturated rings. The summed E-state index contributed by atoms with van der Waals surface area (Å²) in [6.07, 6.45) is 4.89. The molecular weight excluding hydrogens is 266 g/mol. The van der Waals surface area contributed by atoms with Gasteiger partial charge in [0.05, 0.1) is 17.6 Å². The first-order chi connectivity index (χ1) is 10.3. The van der Waals surface area contributed by atoms with Crippen molar-refractivity contribution in [2.24, 2.45) is 0 Å². The highest BCUT2D eigenvalue weighted by Crippen LogP contribution is 2.09. The molecular formula is C15H17N5O. The van der Waals surface area contributed by atoms with Gasteiger partial charge in [0.25, 0.3) is 0 Å². The van der Waals surface area contributed by atoms with Gasteiger partial charge >= 0.3 is 0 Å². The van der Waals surface area contributed by atoms with Crippen LogP contribution in [0, 0.1) is 0 Å². The maximum atomic E-state index is 11.8. The smallest absolute Gasteiger partial charge is 0.220 e. The molecule has 3 rings (SSSR count). The second kappa shape index (κ2) is 6.21. The van der Waals surface area contributed by atoms with Crippen molar-refractivity contribution in [3.63, 3.8) is 0 Å². The molecule has 0 bridgehead atoms. The lowest BCUT2D eigenvalue weighted by molar-refractivity contribution is -0.121. The van der Waals surface area contributed by atoms with Gasteiger partial charge in [-0.15, -0.1) is 0 Å². The Labute approximate surface area is 122 Å². The number of amides is 1. The number of imidazole rings is 1. The van der Waals surface area contributed by atoms with Crippen LogP contribution in [0.15, 0.2) is 42.7 Å². The number of aromatic amines is 1.